The molecule has 1 aliphatic carbocycles. The molecule has 146 valence electrons. The second kappa shape index (κ2) is 7.12. The van der Waals surface area contributed by atoms with Gasteiger partial charge in [-0.25, -0.2) is 0 Å². The van der Waals surface area contributed by atoms with Gasteiger partial charge in [0.1, 0.15) is 0 Å². The fourth-order valence-electron chi connectivity index (χ4n) is 3.18. The van der Waals surface area contributed by atoms with E-state index in [2.05, 4.69) is 25.7 Å². The van der Waals surface area contributed by atoms with Crippen LogP contribution in [-0.4, -0.2) is 30.6 Å². The van der Waals surface area contributed by atoms with Gasteiger partial charge in [0.15, 0.2) is 17.3 Å². The summed E-state index contributed by atoms with van der Waals surface area (Å²) in [5.74, 6) is 2.32. The molecular weight excluding hydrogens is 368 g/mol. The number of carbonyl (C=O) groups excluding carboxylic acids is 1. The molecule has 1 N–H and O–H groups in total. The summed E-state index contributed by atoms with van der Waals surface area (Å²) in [7, 11) is 0. The molecule has 8 heteroatoms. The van der Waals surface area contributed by atoms with Gasteiger partial charge >= 0.3 is 0 Å². The quantitative estimate of drug-likeness (QED) is 0.545. The fourth-order valence-corrected chi connectivity index (χ4v) is 3.18. The lowest BCUT2D eigenvalue weighted by atomic mass is 10.1. The molecule has 0 radical (unpaired) electrons. The minimum Gasteiger partial charge on any atom is -0.348 e. The van der Waals surface area contributed by atoms with Gasteiger partial charge in [-0.2, -0.15) is 4.98 Å². The molecule has 0 spiro atoms. The van der Waals surface area contributed by atoms with E-state index in [1.165, 1.54) is 5.56 Å². The third kappa shape index (κ3) is 3.73. The normalized spacial score (nSPS) is 13.7. The van der Waals surface area contributed by atoms with Gasteiger partial charge in [-0.05, 0) is 37.5 Å². The highest BCUT2D eigenvalue weighted by Gasteiger charge is 2.29. The van der Waals surface area contributed by atoms with E-state index >= 15 is 0 Å². The van der Waals surface area contributed by atoms with Gasteiger partial charge in [-0.1, -0.05) is 35.0 Å². The van der Waals surface area contributed by atoms with Crippen molar-refractivity contribution in [3.05, 3.63) is 65.4 Å². The Balaban J connectivity index is 1.27. The number of nitrogens with zero attached hydrogens (tertiary/aromatic N) is 5. The van der Waals surface area contributed by atoms with Crippen molar-refractivity contribution in [2.75, 3.05) is 0 Å². The van der Waals surface area contributed by atoms with Gasteiger partial charge in [-0.3, -0.25) is 9.20 Å². The van der Waals surface area contributed by atoms with Crippen LogP contribution in [0.1, 0.15) is 41.5 Å². The molecule has 0 unspecified atom stereocenters. The molecular formula is C21H20N6O2. The summed E-state index contributed by atoms with van der Waals surface area (Å²) in [6.45, 7) is 2.33. The van der Waals surface area contributed by atoms with Crippen LogP contribution in [0.2, 0.25) is 0 Å². The largest absolute Gasteiger partial charge is 0.348 e. The Morgan fingerprint density at radius 3 is 2.83 bits per heavy atom. The first-order valence-corrected chi connectivity index (χ1v) is 9.65. The molecule has 1 saturated carbocycles. The molecule has 1 aliphatic rings. The van der Waals surface area contributed by atoms with Gasteiger partial charge in [0.05, 0.1) is 13.0 Å². The van der Waals surface area contributed by atoms with Crippen LogP contribution in [0, 0.1) is 6.92 Å². The predicted octanol–water partition coefficient (Wildman–Crippen LogP) is 2.82. The van der Waals surface area contributed by atoms with Gasteiger partial charge in [-0.15, -0.1) is 10.2 Å². The maximum absolute atomic E-state index is 12.2. The minimum absolute atomic E-state index is 0.0549. The van der Waals surface area contributed by atoms with Gasteiger partial charge < -0.3 is 9.84 Å². The number of amides is 1. The molecule has 8 nitrogen and oxygen atoms in total. The van der Waals surface area contributed by atoms with Crippen LogP contribution in [0.25, 0.3) is 17.1 Å². The number of benzene rings is 1. The standard InChI is InChI=1S/C21H20N6O2/c1-13-2-4-14(5-3-13)10-19(28)22-12-18-25-24-17-11-16(8-9-27(17)18)21-23-20(26-29-21)15-6-7-15/h2-5,8-9,11,15H,6-7,10,12H2,1H3,(H,22,28). The van der Waals surface area contributed by atoms with E-state index in [4.69, 9.17) is 4.52 Å². The molecule has 1 aromatic carbocycles. The smallest absolute Gasteiger partial charge is 0.258 e. The molecule has 0 aliphatic heterocycles. The number of pyridine rings is 1. The second-order valence-corrected chi connectivity index (χ2v) is 7.43. The highest BCUT2D eigenvalue weighted by atomic mass is 16.5. The molecule has 0 saturated heterocycles. The number of nitrogens with one attached hydrogen (secondary N) is 1. The van der Waals surface area contributed by atoms with E-state index in [0.29, 0.717) is 36.2 Å². The second-order valence-electron chi connectivity index (χ2n) is 7.43. The molecule has 1 fully saturated rings. The average Bonchev–Trinajstić information content (AvgIpc) is 3.32. The summed E-state index contributed by atoms with van der Waals surface area (Å²) in [4.78, 5) is 16.7. The highest BCUT2D eigenvalue weighted by Crippen LogP contribution is 2.38. The van der Waals surface area contributed by atoms with E-state index in [9.17, 15) is 4.79 Å². The zero-order valence-electron chi connectivity index (χ0n) is 16.0. The third-order valence-corrected chi connectivity index (χ3v) is 5.04. The predicted molar refractivity (Wildman–Crippen MR) is 105 cm³/mol. The van der Waals surface area contributed by atoms with E-state index in [0.717, 1.165) is 29.8 Å². The monoisotopic (exact) mass is 388 g/mol. The van der Waals surface area contributed by atoms with Crippen LogP contribution in [0.4, 0.5) is 0 Å². The van der Waals surface area contributed by atoms with Crippen LogP contribution in [0.3, 0.4) is 0 Å². The van der Waals surface area contributed by atoms with Crippen molar-refractivity contribution in [3.63, 3.8) is 0 Å². The van der Waals surface area contributed by atoms with Crippen LogP contribution in [0.5, 0.6) is 0 Å². The topological polar surface area (TPSA) is 98.2 Å². The summed E-state index contributed by atoms with van der Waals surface area (Å²) in [5.41, 5.74) is 3.62. The maximum atomic E-state index is 12.2. The molecule has 3 aromatic heterocycles. The Morgan fingerprint density at radius 2 is 2.03 bits per heavy atom. The van der Waals surface area contributed by atoms with Gasteiger partial charge in [0, 0.05) is 17.7 Å². The van der Waals surface area contributed by atoms with Crippen molar-refractivity contribution in [1.82, 2.24) is 30.1 Å². The first kappa shape index (κ1) is 17.5. The summed E-state index contributed by atoms with van der Waals surface area (Å²) in [6, 6.07) is 11.7. The SMILES string of the molecule is Cc1ccc(CC(=O)NCc2nnc3cc(-c4nc(C5CC5)no4)ccn23)cc1. The fraction of sp³-hybridized carbons (Fsp3) is 0.286. The molecule has 5 rings (SSSR count). The Kier molecular flexibility index (Phi) is 4.31. The molecule has 0 atom stereocenters. The number of hydrogen-bond donors (Lipinski definition) is 1. The number of fused-ring (bicyclic) bond motifs is 1. The van der Waals surface area contributed by atoms with Crippen molar-refractivity contribution in [2.24, 2.45) is 0 Å². The summed E-state index contributed by atoms with van der Waals surface area (Å²) >= 11 is 0. The van der Waals surface area contributed by atoms with Crippen molar-refractivity contribution >= 4 is 11.6 Å². The summed E-state index contributed by atoms with van der Waals surface area (Å²) < 4.78 is 7.22. The summed E-state index contributed by atoms with van der Waals surface area (Å²) in [6.07, 6.45) is 4.44. The molecule has 29 heavy (non-hydrogen) atoms. The van der Waals surface area contributed by atoms with Crippen molar-refractivity contribution in [3.8, 4) is 11.5 Å². The van der Waals surface area contributed by atoms with Crippen molar-refractivity contribution in [2.45, 2.75) is 38.6 Å². The van der Waals surface area contributed by atoms with Gasteiger partial charge in [0.2, 0.25) is 5.91 Å². The van der Waals surface area contributed by atoms with Crippen LogP contribution in [-0.2, 0) is 17.8 Å². The Labute approximate surface area is 167 Å². The van der Waals surface area contributed by atoms with E-state index in [1.54, 1.807) is 0 Å². The number of aromatic nitrogens is 5. The lowest BCUT2D eigenvalue weighted by Crippen LogP contribution is -2.25. The van der Waals surface area contributed by atoms with Crippen LogP contribution < -0.4 is 5.32 Å². The molecule has 3 heterocycles. The van der Waals surface area contributed by atoms with E-state index in [1.807, 2.05) is 53.9 Å². The summed E-state index contributed by atoms with van der Waals surface area (Å²) in [5, 5.41) is 15.4. The Morgan fingerprint density at radius 1 is 1.21 bits per heavy atom. The van der Waals surface area contributed by atoms with Crippen LogP contribution in [0.15, 0.2) is 47.1 Å². The van der Waals surface area contributed by atoms with E-state index < -0.39 is 0 Å². The van der Waals surface area contributed by atoms with Crippen molar-refractivity contribution in [1.29, 1.82) is 0 Å². The zero-order valence-corrected chi connectivity index (χ0v) is 16.0. The first-order chi connectivity index (χ1) is 14.2. The highest BCUT2D eigenvalue weighted by molar-refractivity contribution is 5.78. The number of rotatable bonds is 6. The van der Waals surface area contributed by atoms with E-state index in [-0.39, 0.29) is 5.91 Å². The molecule has 4 aromatic rings. The molecule has 0 bridgehead atoms. The Bertz CT molecular complexity index is 1170. The number of carbonyl (C=O) groups is 1. The minimum atomic E-state index is -0.0549. The first-order valence-electron chi connectivity index (χ1n) is 9.65. The van der Waals surface area contributed by atoms with Crippen molar-refractivity contribution < 1.29 is 9.32 Å². The molecule has 1 amide bonds. The van der Waals surface area contributed by atoms with Crippen LogP contribution >= 0.6 is 0 Å². The Hall–Kier alpha value is -3.55. The lowest BCUT2D eigenvalue weighted by Gasteiger charge is -2.05. The van der Waals surface area contributed by atoms with Gasteiger partial charge in [0.25, 0.3) is 5.89 Å². The lowest BCUT2D eigenvalue weighted by molar-refractivity contribution is -0.120. The zero-order chi connectivity index (χ0) is 19.8. The number of aryl methyl sites for hydroxylation is 1. The maximum Gasteiger partial charge on any atom is 0.258 e. The third-order valence-electron chi connectivity index (χ3n) is 5.04. The average molecular weight is 388 g/mol. The number of hydrogen-bond acceptors (Lipinski definition) is 6.